The highest BCUT2D eigenvalue weighted by Gasteiger charge is 2.11. The number of carbonyl (C=O) groups is 1. The maximum absolute atomic E-state index is 11.9. The quantitative estimate of drug-likeness (QED) is 0.891. The first-order valence-electron chi connectivity index (χ1n) is 6.80. The van der Waals surface area contributed by atoms with Gasteiger partial charge in [0.2, 0.25) is 5.91 Å². The molecule has 0 spiro atoms. The SMILES string of the molecule is CC[C@H](C)NC(=O)Cn1cc(-c2nc(C)no2)ccc1=O. The first-order valence-corrected chi connectivity index (χ1v) is 6.80. The third-order valence-corrected chi connectivity index (χ3v) is 3.09. The Labute approximate surface area is 122 Å². The highest BCUT2D eigenvalue weighted by atomic mass is 16.5. The second kappa shape index (κ2) is 6.34. The van der Waals surface area contributed by atoms with Crippen molar-refractivity contribution in [2.75, 3.05) is 0 Å². The van der Waals surface area contributed by atoms with Gasteiger partial charge in [0.15, 0.2) is 5.82 Å². The molecule has 0 bridgehead atoms. The van der Waals surface area contributed by atoms with Crippen molar-refractivity contribution in [1.82, 2.24) is 20.0 Å². The van der Waals surface area contributed by atoms with E-state index in [0.717, 1.165) is 6.42 Å². The summed E-state index contributed by atoms with van der Waals surface area (Å²) in [6, 6.07) is 3.05. The highest BCUT2D eigenvalue weighted by Crippen LogP contribution is 2.14. The smallest absolute Gasteiger partial charge is 0.259 e. The molecular weight excluding hydrogens is 272 g/mol. The maximum atomic E-state index is 11.9. The van der Waals surface area contributed by atoms with Crippen molar-refractivity contribution in [3.05, 3.63) is 34.5 Å². The van der Waals surface area contributed by atoms with Gasteiger partial charge in [-0.2, -0.15) is 4.98 Å². The summed E-state index contributed by atoms with van der Waals surface area (Å²) in [5.74, 6) is 0.631. The average molecular weight is 290 g/mol. The van der Waals surface area contributed by atoms with Gasteiger partial charge in [-0.15, -0.1) is 0 Å². The zero-order chi connectivity index (χ0) is 15.4. The molecule has 0 fully saturated rings. The van der Waals surface area contributed by atoms with Crippen molar-refractivity contribution in [3.63, 3.8) is 0 Å². The molecule has 0 unspecified atom stereocenters. The van der Waals surface area contributed by atoms with Gasteiger partial charge >= 0.3 is 0 Å². The highest BCUT2D eigenvalue weighted by molar-refractivity contribution is 5.76. The number of nitrogens with one attached hydrogen (secondary N) is 1. The molecule has 7 nitrogen and oxygen atoms in total. The minimum Gasteiger partial charge on any atom is -0.352 e. The third-order valence-electron chi connectivity index (χ3n) is 3.09. The molecule has 0 radical (unpaired) electrons. The number of amides is 1. The van der Waals surface area contributed by atoms with Crippen LogP contribution in [0.4, 0.5) is 0 Å². The Balaban J connectivity index is 2.20. The molecule has 0 aliphatic rings. The van der Waals surface area contributed by atoms with Gasteiger partial charge in [0.25, 0.3) is 11.4 Å². The van der Waals surface area contributed by atoms with E-state index in [1.54, 1.807) is 19.2 Å². The van der Waals surface area contributed by atoms with Gasteiger partial charge in [0.05, 0.1) is 5.56 Å². The van der Waals surface area contributed by atoms with Crippen molar-refractivity contribution in [3.8, 4) is 11.5 Å². The fraction of sp³-hybridized carbons (Fsp3) is 0.429. The van der Waals surface area contributed by atoms with Gasteiger partial charge in [-0.3, -0.25) is 9.59 Å². The predicted molar refractivity (Wildman–Crippen MR) is 76.6 cm³/mol. The number of carbonyl (C=O) groups excluding carboxylic acids is 1. The summed E-state index contributed by atoms with van der Waals surface area (Å²) in [6.45, 7) is 5.57. The summed E-state index contributed by atoms with van der Waals surface area (Å²) in [7, 11) is 0. The normalized spacial score (nSPS) is 12.1. The summed E-state index contributed by atoms with van der Waals surface area (Å²) in [4.78, 5) is 27.8. The summed E-state index contributed by atoms with van der Waals surface area (Å²) in [6.07, 6.45) is 2.38. The lowest BCUT2D eigenvalue weighted by Gasteiger charge is -2.12. The van der Waals surface area contributed by atoms with Gasteiger partial charge in [0.1, 0.15) is 6.54 Å². The molecule has 1 N–H and O–H groups in total. The minimum atomic E-state index is -0.255. The number of rotatable bonds is 5. The lowest BCUT2D eigenvalue weighted by Crippen LogP contribution is -2.36. The van der Waals surface area contributed by atoms with Gasteiger partial charge in [-0.05, 0) is 26.3 Å². The Morgan fingerprint density at radius 1 is 1.48 bits per heavy atom. The maximum Gasteiger partial charge on any atom is 0.259 e. The van der Waals surface area contributed by atoms with Crippen LogP contribution in [0.25, 0.3) is 11.5 Å². The molecule has 112 valence electrons. The molecule has 0 saturated heterocycles. The van der Waals surface area contributed by atoms with Crippen LogP contribution in [0.2, 0.25) is 0 Å². The number of hydrogen-bond donors (Lipinski definition) is 1. The van der Waals surface area contributed by atoms with E-state index in [1.165, 1.54) is 10.6 Å². The van der Waals surface area contributed by atoms with E-state index >= 15 is 0 Å². The van der Waals surface area contributed by atoms with E-state index in [9.17, 15) is 9.59 Å². The number of aryl methyl sites for hydroxylation is 1. The molecule has 2 aromatic heterocycles. The second-order valence-electron chi connectivity index (χ2n) is 4.91. The fourth-order valence-corrected chi connectivity index (χ4v) is 1.77. The summed E-state index contributed by atoms with van der Waals surface area (Å²) < 4.78 is 6.38. The zero-order valence-corrected chi connectivity index (χ0v) is 12.3. The first kappa shape index (κ1) is 15.0. The fourth-order valence-electron chi connectivity index (χ4n) is 1.77. The van der Waals surface area contributed by atoms with E-state index in [1.807, 2.05) is 13.8 Å². The molecule has 21 heavy (non-hydrogen) atoms. The van der Waals surface area contributed by atoms with Gasteiger partial charge in [-0.25, -0.2) is 0 Å². The average Bonchev–Trinajstić information content (AvgIpc) is 2.87. The van der Waals surface area contributed by atoms with E-state index in [0.29, 0.717) is 17.3 Å². The van der Waals surface area contributed by atoms with Crippen molar-refractivity contribution in [2.24, 2.45) is 0 Å². The van der Waals surface area contributed by atoms with E-state index in [2.05, 4.69) is 15.5 Å². The topological polar surface area (TPSA) is 90.0 Å². The Morgan fingerprint density at radius 3 is 2.86 bits per heavy atom. The molecule has 0 aromatic carbocycles. The minimum absolute atomic E-state index is 0.0376. The van der Waals surface area contributed by atoms with Crippen LogP contribution in [-0.4, -0.2) is 26.7 Å². The lowest BCUT2D eigenvalue weighted by molar-refractivity contribution is -0.122. The van der Waals surface area contributed by atoms with Crippen molar-refractivity contribution < 1.29 is 9.32 Å². The van der Waals surface area contributed by atoms with Crippen LogP contribution >= 0.6 is 0 Å². The first-order chi connectivity index (χ1) is 9.99. The van der Waals surface area contributed by atoms with Crippen molar-refractivity contribution in [2.45, 2.75) is 39.8 Å². The van der Waals surface area contributed by atoms with Crippen molar-refractivity contribution >= 4 is 5.91 Å². The molecule has 2 aromatic rings. The third kappa shape index (κ3) is 3.77. The van der Waals surface area contributed by atoms with Crippen LogP contribution in [0.1, 0.15) is 26.1 Å². The lowest BCUT2D eigenvalue weighted by atomic mass is 10.2. The number of pyridine rings is 1. The summed E-state index contributed by atoms with van der Waals surface area (Å²) in [5.41, 5.74) is 0.348. The zero-order valence-electron chi connectivity index (χ0n) is 12.3. The van der Waals surface area contributed by atoms with Crippen LogP contribution in [0.15, 0.2) is 27.6 Å². The molecule has 0 saturated carbocycles. The Kier molecular flexibility index (Phi) is 4.52. The molecule has 2 heterocycles. The van der Waals surface area contributed by atoms with Crippen LogP contribution in [0, 0.1) is 6.92 Å². The molecule has 2 rings (SSSR count). The molecular formula is C14H18N4O3. The predicted octanol–water partition coefficient (Wildman–Crippen LogP) is 1.12. The molecule has 1 atom stereocenters. The molecule has 7 heteroatoms. The van der Waals surface area contributed by atoms with E-state index in [-0.39, 0.29) is 24.1 Å². The standard InChI is InChI=1S/C14H18N4O3/c1-4-9(2)15-12(19)8-18-7-11(5-6-13(18)20)14-16-10(3)17-21-14/h5-7,9H,4,8H2,1-3H3,(H,15,19)/t9-/m0/s1. The number of aromatic nitrogens is 3. The van der Waals surface area contributed by atoms with Crippen LogP contribution in [-0.2, 0) is 11.3 Å². The van der Waals surface area contributed by atoms with Crippen LogP contribution < -0.4 is 10.9 Å². The van der Waals surface area contributed by atoms with E-state index in [4.69, 9.17) is 4.52 Å². The Hall–Kier alpha value is -2.44. The largest absolute Gasteiger partial charge is 0.352 e. The number of nitrogens with zero attached hydrogens (tertiary/aromatic N) is 3. The summed E-state index contributed by atoms with van der Waals surface area (Å²) in [5, 5.41) is 6.52. The number of hydrogen-bond acceptors (Lipinski definition) is 5. The van der Waals surface area contributed by atoms with Gasteiger partial charge in [0, 0.05) is 18.3 Å². The second-order valence-corrected chi connectivity index (χ2v) is 4.91. The Bertz CT molecular complexity index is 690. The van der Waals surface area contributed by atoms with Gasteiger partial charge < -0.3 is 14.4 Å². The van der Waals surface area contributed by atoms with Crippen molar-refractivity contribution in [1.29, 1.82) is 0 Å². The summed E-state index contributed by atoms with van der Waals surface area (Å²) >= 11 is 0. The Morgan fingerprint density at radius 2 is 2.24 bits per heavy atom. The van der Waals surface area contributed by atoms with Crippen LogP contribution in [0.5, 0.6) is 0 Å². The van der Waals surface area contributed by atoms with Gasteiger partial charge in [-0.1, -0.05) is 12.1 Å². The molecule has 0 aliphatic heterocycles. The van der Waals surface area contributed by atoms with Crippen LogP contribution in [0.3, 0.4) is 0 Å². The van der Waals surface area contributed by atoms with E-state index < -0.39 is 0 Å². The molecule has 1 amide bonds. The molecule has 0 aliphatic carbocycles. The monoisotopic (exact) mass is 290 g/mol.